The Balaban J connectivity index is 2.24. The predicted molar refractivity (Wildman–Crippen MR) is 70.8 cm³/mol. The van der Waals surface area contributed by atoms with Crippen molar-refractivity contribution >= 4 is 10.9 Å². The van der Waals surface area contributed by atoms with Gasteiger partial charge in [0.05, 0.1) is 12.5 Å². The molecule has 2 rings (SSSR count). The minimum Gasteiger partial charge on any atom is -0.358 e. The number of nitriles is 1. The van der Waals surface area contributed by atoms with Crippen molar-refractivity contribution in [3.8, 4) is 6.07 Å². The van der Waals surface area contributed by atoms with E-state index in [1.807, 2.05) is 6.07 Å². The molecule has 1 N–H and O–H groups in total. The summed E-state index contributed by atoms with van der Waals surface area (Å²) in [5.74, 6) is 0. The first-order chi connectivity index (χ1) is 8.19. The van der Waals surface area contributed by atoms with E-state index in [-0.39, 0.29) is 0 Å². The fraction of sp³-hybridized carbons (Fsp3) is 0.267. The van der Waals surface area contributed by atoms with Crippen LogP contribution in [0.25, 0.3) is 10.9 Å². The maximum absolute atomic E-state index is 8.67. The Hall–Kier alpha value is -2.01. The van der Waals surface area contributed by atoms with Gasteiger partial charge in [-0.15, -0.1) is 6.58 Å². The quantitative estimate of drug-likeness (QED) is 0.789. The van der Waals surface area contributed by atoms with Gasteiger partial charge in [-0.3, -0.25) is 0 Å². The van der Waals surface area contributed by atoms with Crippen LogP contribution in [0.4, 0.5) is 0 Å². The van der Waals surface area contributed by atoms with Gasteiger partial charge in [-0.2, -0.15) is 5.26 Å². The molecule has 0 fully saturated rings. The lowest BCUT2D eigenvalue weighted by atomic mass is 10.1. The minimum atomic E-state index is 0.440. The van der Waals surface area contributed by atoms with Crippen LogP contribution in [0.1, 0.15) is 24.6 Å². The molecular formula is C15H16N2. The lowest BCUT2D eigenvalue weighted by molar-refractivity contribution is 0.947. The zero-order valence-corrected chi connectivity index (χ0v) is 10.1. The molecule has 0 atom stereocenters. The molecule has 0 saturated carbocycles. The molecule has 0 aliphatic rings. The van der Waals surface area contributed by atoms with Crippen LogP contribution in [-0.2, 0) is 12.8 Å². The number of allylic oxidation sites excluding steroid dienone is 1. The standard InChI is InChI=1S/C15H16N2/c1-11(2)3-4-12-5-6-13-10-14(7-8-16)17-15(13)9-12/h5-6,9-10,17H,1,3-4,7H2,2H3. The number of H-pyrrole nitrogens is 1. The average molecular weight is 224 g/mol. The van der Waals surface area contributed by atoms with Crippen LogP contribution in [0.3, 0.4) is 0 Å². The molecule has 0 aliphatic carbocycles. The van der Waals surface area contributed by atoms with Gasteiger partial charge in [0.15, 0.2) is 0 Å². The fourth-order valence-corrected chi connectivity index (χ4v) is 1.93. The van der Waals surface area contributed by atoms with E-state index in [0.29, 0.717) is 6.42 Å². The summed E-state index contributed by atoms with van der Waals surface area (Å²) in [7, 11) is 0. The highest BCUT2D eigenvalue weighted by atomic mass is 14.7. The molecule has 2 nitrogen and oxygen atoms in total. The van der Waals surface area contributed by atoms with Crippen LogP contribution < -0.4 is 0 Å². The number of rotatable bonds is 4. The van der Waals surface area contributed by atoms with Gasteiger partial charge in [0, 0.05) is 11.2 Å². The number of aromatic amines is 1. The average Bonchev–Trinajstić information content (AvgIpc) is 2.68. The summed E-state index contributed by atoms with van der Waals surface area (Å²) in [5.41, 5.74) is 4.63. The van der Waals surface area contributed by atoms with E-state index in [1.54, 1.807) is 0 Å². The Bertz CT molecular complexity index is 584. The number of hydrogen-bond donors (Lipinski definition) is 1. The zero-order chi connectivity index (χ0) is 12.3. The molecule has 0 unspecified atom stereocenters. The van der Waals surface area contributed by atoms with Gasteiger partial charge < -0.3 is 4.98 Å². The summed E-state index contributed by atoms with van der Waals surface area (Å²) >= 11 is 0. The zero-order valence-electron chi connectivity index (χ0n) is 10.1. The number of nitrogens with zero attached hydrogens (tertiary/aromatic N) is 1. The first-order valence-corrected chi connectivity index (χ1v) is 5.81. The predicted octanol–water partition coefficient (Wildman–Crippen LogP) is 3.74. The van der Waals surface area contributed by atoms with Crippen molar-refractivity contribution in [2.75, 3.05) is 0 Å². The molecule has 86 valence electrons. The van der Waals surface area contributed by atoms with Gasteiger partial charge >= 0.3 is 0 Å². The summed E-state index contributed by atoms with van der Waals surface area (Å²) in [5, 5.41) is 9.84. The second kappa shape index (κ2) is 4.88. The Morgan fingerprint density at radius 2 is 2.24 bits per heavy atom. The first-order valence-electron chi connectivity index (χ1n) is 5.81. The molecule has 0 radical (unpaired) electrons. The van der Waals surface area contributed by atoms with Crippen LogP contribution in [0, 0.1) is 11.3 Å². The minimum absolute atomic E-state index is 0.440. The Morgan fingerprint density at radius 3 is 2.94 bits per heavy atom. The maximum Gasteiger partial charge on any atom is 0.0752 e. The molecule has 0 spiro atoms. The molecule has 2 aromatic rings. The topological polar surface area (TPSA) is 39.6 Å². The third-order valence-corrected chi connectivity index (χ3v) is 2.85. The van der Waals surface area contributed by atoms with Crippen molar-refractivity contribution in [2.45, 2.75) is 26.2 Å². The van der Waals surface area contributed by atoms with E-state index in [2.05, 4.69) is 42.8 Å². The highest BCUT2D eigenvalue weighted by Gasteiger charge is 2.02. The van der Waals surface area contributed by atoms with E-state index in [0.717, 1.165) is 24.1 Å². The van der Waals surface area contributed by atoms with Crippen molar-refractivity contribution in [3.63, 3.8) is 0 Å². The molecule has 1 aromatic carbocycles. The number of fused-ring (bicyclic) bond motifs is 1. The summed E-state index contributed by atoms with van der Waals surface area (Å²) in [6.45, 7) is 5.97. The largest absolute Gasteiger partial charge is 0.358 e. The molecular weight excluding hydrogens is 208 g/mol. The Kier molecular flexibility index (Phi) is 3.30. The van der Waals surface area contributed by atoms with Crippen LogP contribution in [-0.4, -0.2) is 4.98 Å². The van der Waals surface area contributed by atoms with Gasteiger partial charge in [-0.1, -0.05) is 17.7 Å². The van der Waals surface area contributed by atoms with Crippen molar-refractivity contribution in [2.24, 2.45) is 0 Å². The molecule has 2 heteroatoms. The monoisotopic (exact) mass is 224 g/mol. The lowest BCUT2D eigenvalue weighted by Crippen LogP contribution is -1.85. The van der Waals surface area contributed by atoms with Crippen LogP contribution in [0.2, 0.25) is 0 Å². The summed E-state index contributed by atoms with van der Waals surface area (Å²) in [6.07, 6.45) is 2.49. The smallest absolute Gasteiger partial charge is 0.0752 e. The number of hydrogen-bond acceptors (Lipinski definition) is 1. The molecule has 0 bridgehead atoms. The molecule has 0 amide bonds. The lowest BCUT2D eigenvalue weighted by Gasteiger charge is -2.01. The Morgan fingerprint density at radius 1 is 1.41 bits per heavy atom. The van der Waals surface area contributed by atoms with Crippen LogP contribution in [0.15, 0.2) is 36.4 Å². The molecule has 0 saturated heterocycles. The second-order valence-electron chi connectivity index (χ2n) is 4.51. The van der Waals surface area contributed by atoms with Gasteiger partial charge in [0.25, 0.3) is 0 Å². The molecule has 17 heavy (non-hydrogen) atoms. The van der Waals surface area contributed by atoms with Crippen molar-refractivity contribution < 1.29 is 0 Å². The van der Waals surface area contributed by atoms with Crippen molar-refractivity contribution in [1.82, 2.24) is 4.98 Å². The Labute approximate surface area is 102 Å². The van der Waals surface area contributed by atoms with Crippen molar-refractivity contribution in [3.05, 3.63) is 47.7 Å². The normalized spacial score (nSPS) is 10.4. The van der Waals surface area contributed by atoms with E-state index in [9.17, 15) is 0 Å². The SMILES string of the molecule is C=C(C)CCc1ccc2cc(CC#N)[nH]c2c1. The van der Waals surface area contributed by atoms with Gasteiger partial charge in [-0.05, 0) is 42.8 Å². The van der Waals surface area contributed by atoms with E-state index in [1.165, 1.54) is 16.5 Å². The third kappa shape index (κ3) is 2.76. The maximum atomic E-state index is 8.67. The van der Waals surface area contributed by atoms with Gasteiger partial charge in [0.2, 0.25) is 0 Å². The van der Waals surface area contributed by atoms with Gasteiger partial charge in [-0.25, -0.2) is 0 Å². The van der Waals surface area contributed by atoms with Gasteiger partial charge in [0.1, 0.15) is 0 Å². The van der Waals surface area contributed by atoms with E-state index < -0.39 is 0 Å². The molecule has 1 aromatic heterocycles. The van der Waals surface area contributed by atoms with Crippen LogP contribution >= 0.6 is 0 Å². The molecule has 0 aliphatic heterocycles. The molecule has 1 heterocycles. The number of benzene rings is 1. The highest BCUT2D eigenvalue weighted by molar-refractivity contribution is 5.81. The van der Waals surface area contributed by atoms with E-state index >= 15 is 0 Å². The third-order valence-electron chi connectivity index (χ3n) is 2.85. The van der Waals surface area contributed by atoms with E-state index in [4.69, 9.17) is 5.26 Å². The number of aromatic nitrogens is 1. The first kappa shape index (κ1) is 11.5. The summed E-state index contributed by atoms with van der Waals surface area (Å²) in [6, 6.07) is 10.6. The number of nitrogens with one attached hydrogen (secondary N) is 1. The summed E-state index contributed by atoms with van der Waals surface area (Å²) < 4.78 is 0. The van der Waals surface area contributed by atoms with Crippen molar-refractivity contribution in [1.29, 1.82) is 5.26 Å². The van der Waals surface area contributed by atoms with Crippen LogP contribution in [0.5, 0.6) is 0 Å². The fourth-order valence-electron chi connectivity index (χ4n) is 1.93. The summed E-state index contributed by atoms with van der Waals surface area (Å²) in [4.78, 5) is 3.28. The highest BCUT2D eigenvalue weighted by Crippen LogP contribution is 2.19. The number of aryl methyl sites for hydroxylation is 1. The second-order valence-corrected chi connectivity index (χ2v) is 4.51.